The van der Waals surface area contributed by atoms with Gasteiger partial charge in [-0.15, -0.1) is 0 Å². The van der Waals surface area contributed by atoms with Crippen LogP contribution < -0.4 is 0 Å². The summed E-state index contributed by atoms with van der Waals surface area (Å²) in [7, 11) is 3.93. The lowest BCUT2D eigenvalue weighted by molar-refractivity contribution is 0.0716. The molecule has 0 spiro atoms. The van der Waals surface area contributed by atoms with Gasteiger partial charge in [-0.3, -0.25) is 9.48 Å². The van der Waals surface area contributed by atoms with Gasteiger partial charge in [-0.2, -0.15) is 5.10 Å². The Bertz CT molecular complexity index is 404. The van der Waals surface area contributed by atoms with Gasteiger partial charge in [0.25, 0.3) is 0 Å². The van der Waals surface area contributed by atoms with Crippen molar-refractivity contribution in [3.8, 4) is 0 Å². The van der Waals surface area contributed by atoms with Gasteiger partial charge in [-0.25, -0.2) is 0 Å². The summed E-state index contributed by atoms with van der Waals surface area (Å²) < 4.78 is 2.28. The lowest BCUT2D eigenvalue weighted by atomic mass is 10.1. The Labute approximate surface area is 116 Å². The molecule has 6 heteroatoms. The van der Waals surface area contributed by atoms with Crippen LogP contribution in [-0.4, -0.2) is 52.3 Å². The second-order valence-electron chi connectivity index (χ2n) is 4.54. The average molecular weight is 318 g/mol. The van der Waals surface area contributed by atoms with Crippen LogP contribution in [0.1, 0.15) is 30.3 Å². The Balaban J connectivity index is 2.86. The van der Waals surface area contributed by atoms with Crippen LogP contribution in [0.4, 0.5) is 0 Å². The summed E-state index contributed by atoms with van der Waals surface area (Å²) in [5.41, 5.74) is 0.456. The topological polar surface area (TPSA) is 58.4 Å². The van der Waals surface area contributed by atoms with Crippen molar-refractivity contribution in [2.75, 3.05) is 20.6 Å². The number of likely N-dealkylation sites (N-methyl/N-ethyl adjacent to an activating group) is 1. The highest BCUT2D eigenvalue weighted by Crippen LogP contribution is 2.19. The monoisotopic (exact) mass is 317 g/mol. The molecule has 1 atom stereocenters. The Hall–Kier alpha value is -0.720. The number of hydrogen-bond donors (Lipinski definition) is 1. The van der Waals surface area contributed by atoms with Crippen LogP contribution in [0.15, 0.2) is 10.7 Å². The maximum absolute atomic E-state index is 12.1. The van der Waals surface area contributed by atoms with Crippen LogP contribution >= 0.6 is 15.9 Å². The molecule has 0 aromatic carbocycles. The van der Waals surface area contributed by atoms with Crippen molar-refractivity contribution < 1.29 is 9.90 Å². The van der Waals surface area contributed by atoms with Crippen LogP contribution in [0.5, 0.6) is 0 Å². The number of aromatic nitrogens is 2. The number of ketones is 1. The molecule has 102 valence electrons. The molecular formula is C12H20BrN3O2. The third-order valence-electron chi connectivity index (χ3n) is 2.65. The minimum absolute atomic E-state index is 0.264. The number of aliphatic hydroxyl groups is 1. The van der Waals surface area contributed by atoms with Crippen LogP contribution in [0.3, 0.4) is 0 Å². The van der Waals surface area contributed by atoms with Crippen molar-refractivity contribution in [3.63, 3.8) is 0 Å². The Morgan fingerprint density at radius 2 is 2.28 bits per heavy atom. The third kappa shape index (κ3) is 3.90. The minimum Gasteiger partial charge on any atom is -0.385 e. The predicted molar refractivity (Wildman–Crippen MR) is 73.7 cm³/mol. The van der Waals surface area contributed by atoms with Crippen molar-refractivity contribution >= 4 is 21.7 Å². The molecule has 0 radical (unpaired) electrons. The summed E-state index contributed by atoms with van der Waals surface area (Å²) >= 11 is 3.32. The van der Waals surface area contributed by atoms with Gasteiger partial charge in [0.1, 0.15) is 11.8 Å². The maximum atomic E-state index is 12.1. The fourth-order valence-electron chi connectivity index (χ4n) is 1.63. The number of Topliss-reactive ketones (excluding diaryl/α,β-unsaturated/α-hetero) is 1. The quantitative estimate of drug-likeness (QED) is 0.775. The van der Waals surface area contributed by atoms with Gasteiger partial charge >= 0.3 is 0 Å². The zero-order valence-electron chi connectivity index (χ0n) is 11.1. The van der Waals surface area contributed by atoms with Crippen molar-refractivity contribution in [2.45, 2.75) is 32.4 Å². The van der Waals surface area contributed by atoms with E-state index in [9.17, 15) is 9.90 Å². The van der Waals surface area contributed by atoms with E-state index in [4.69, 9.17) is 0 Å². The number of aliphatic hydroxyl groups excluding tert-OH is 1. The smallest absolute Gasteiger partial charge is 0.210 e. The molecule has 1 aromatic rings. The van der Waals surface area contributed by atoms with Crippen LogP contribution in [0.2, 0.25) is 0 Å². The summed E-state index contributed by atoms with van der Waals surface area (Å²) in [5.74, 6) is -0.264. The second-order valence-corrected chi connectivity index (χ2v) is 5.39. The molecule has 5 nitrogen and oxygen atoms in total. The van der Waals surface area contributed by atoms with E-state index in [0.717, 1.165) is 13.0 Å². The van der Waals surface area contributed by atoms with Gasteiger partial charge in [0.05, 0.1) is 17.2 Å². The number of hydrogen-bond acceptors (Lipinski definition) is 4. The molecule has 1 heterocycles. The van der Waals surface area contributed by atoms with E-state index in [-0.39, 0.29) is 5.78 Å². The highest BCUT2D eigenvalue weighted by molar-refractivity contribution is 9.10. The van der Waals surface area contributed by atoms with E-state index in [1.807, 2.05) is 25.9 Å². The number of carbonyl (C=O) groups excluding carboxylic acids is 1. The molecule has 0 amide bonds. The Kier molecular flexibility index (Phi) is 5.98. The fourth-order valence-corrected chi connectivity index (χ4v) is 2.13. The second kappa shape index (κ2) is 7.01. The third-order valence-corrected chi connectivity index (χ3v) is 3.23. The molecule has 1 N–H and O–H groups in total. The van der Waals surface area contributed by atoms with Crippen molar-refractivity contribution in [3.05, 3.63) is 16.4 Å². The molecule has 1 unspecified atom stereocenters. The van der Waals surface area contributed by atoms with Crippen LogP contribution in [-0.2, 0) is 6.54 Å². The van der Waals surface area contributed by atoms with E-state index in [0.29, 0.717) is 23.1 Å². The van der Waals surface area contributed by atoms with Crippen molar-refractivity contribution in [1.29, 1.82) is 0 Å². The predicted octanol–water partition coefficient (Wildman–Crippen LogP) is 1.55. The lowest BCUT2D eigenvalue weighted by Gasteiger charge is -2.13. The zero-order chi connectivity index (χ0) is 13.7. The van der Waals surface area contributed by atoms with Crippen LogP contribution in [0, 0.1) is 0 Å². The molecule has 0 fully saturated rings. The number of rotatable bonds is 7. The molecule has 1 aromatic heterocycles. The first-order valence-electron chi connectivity index (χ1n) is 6.05. The van der Waals surface area contributed by atoms with Gasteiger partial charge in [0, 0.05) is 6.54 Å². The molecule has 0 aliphatic rings. The van der Waals surface area contributed by atoms with E-state index in [1.54, 1.807) is 10.9 Å². The Morgan fingerprint density at radius 3 is 2.83 bits per heavy atom. The molecule has 0 aliphatic carbocycles. The standard InChI is InChI=1S/C12H20BrN3O2/c1-4-5-10(17)12(18)11-9(13)8-14-16(11)7-6-15(2)3/h8,10,17H,4-7H2,1-3H3. The van der Waals surface area contributed by atoms with E-state index >= 15 is 0 Å². The molecule has 0 aliphatic heterocycles. The molecule has 18 heavy (non-hydrogen) atoms. The largest absolute Gasteiger partial charge is 0.385 e. The van der Waals surface area contributed by atoms with Crippen LogP contribution in [0.25, 0.3) is 0 Å². The van der Waals surface area contributed by atoms with E-state index < -0.39 is 6.10 Å². The summed E-state index contributed by atoms with van der Waals surface area (Å²) in [4.78, 5) is 14.1. The highest BCUT2D eigenvalue weighted by Gasteiger charge is 2.23. The van der Waals surface area contributed by atoms with Gasteiger partial charge in [-0.05, 0) is 36.4 Å². The summed E-state index contributed by atoms with van der Waals surface area (Å²) in [5, 5.41) is 14.0. The first kappa shape index (κ1) is 15.3. The maximum Gasteiger partial charge on any atom is 0.210 e. The highest BCUT2D eigenvalue weighted by atomic mass is 79.9. The molecule has 0 bridgehead atoms. The average Bonchev–Trinajstić information content (AvgIpc) is 2.67. The minimum atomic E-state index is -0.943. The molecule has 0 saturated heterocycles. The van der Waals surface area contributed by atoms with Gasteiger partial charge in [-0.1, -0.05) is 13.3 Å². The van der Waals surface area contributed by atoms with Crippen molar-refractivity contribution in [2.24, 2.45) is 0 Å². The Morgan fingerprint density at radius 1 is 1.61 bits per heavy atom. The summed E-state index contributed by atoms with van der Waals surface area (Å²) in [6.07, 6.45) is 1.91. The molecule has 0 saturated carbocycles. The summed E-state index contributed by atoms with van der Waals surface area (Å²) in [6, 6.07) is 0. The zero-order valence-corrected chi connectivity index (χ0v) is 12.6. The number of nitrogens with zero attached hydrogens (tertiary/aromatic N) is 3. The fraction of sp³-hybridized carbons (Fsp3) is 0.667. The van der Waals surface area contributed by atoms with Gasteiger partial charge < -0.3 is 10.0 Å². The lowest BCUT2D eigenvalue weighted by Crippen LogP contribution is -2.26. The van der Waals surface area contributed by atoms with E-state index in [1.165, 1.54) is 0 Å². The number of halogens is 1. The first-order chi connectivity index (χ1) is 8.47. The SMILES string of the molecule is CCCC(O)C(=O)c1c(Br)cnn1CCN(C)C. The van der Waals surface area contributed by atoms with Crippen molar-refractivity contribution in [1.82, 2.24) is 14.7 Å². The molecular weight excluding hydrogens is 298 g/mol. The normalized spacial score (nSPS) is 13.0. The first-order valence-corrected chi connectivity index (χ1v) is 6.85. The summed E-state index contributed by atoms with van der Waals surface area (Å²) in [6.45, 7) is 3.35. The number of carbonyl (C=O) groups is 1. The van der Waals surface area contributed by atoms with E-state index in [2.05, 4.69) is 21.0 Å². The molecule has 1 rings (SSSR count). The van der Waals surface area contributed by atoms with Gasteiger partial charge in [0.15, 0.2) is 0 Å². The van der Waals surface area contributed by atoms with Gasteiger partial charge in [0.2, 0.25) is 5.78 Å².